The van der Waals surface area contributed by atoms with Crippen LogP contribution in [-0.4, -0.2) is 33.9 Å². The lowest BCUT2D eigenvalue weighted by molar-refractivity contribution is 0.0887. The van der Waals surface area contributed by atoms with Gasteiger partial charge in [-0.05, 0) is 81.2 Å². The minimum atomic E-state index is -0.417. The third-order valence-corrected chi connectivity index (χ3v) is 5.82. The van der Waals surface area contributed by atoms with Gasteiger partial charge in [-0.1, -0.05) is 18.2 Å². The molecule has 1 aliphatic heterocycles. The Morgan fingerprint density at radius 1 is 1.13 bits per heavy atom. The van der Waals surface area contributed by atoms with Crippen LogP contribution in [0.4, 0.5) is 4.39 Å². The highest BCUT2D eigenvalue weighted by atomic mass is 19.1. The van der Waals surface area contributed by atoms with Crippen molar-refractivity contribution in [3.8, 4) is 0 Å². The maximum atomic E-state index is 13.6. The van der Waals surface area contributed by atoms with Crippen molar-refractivity contribution in [2.45, 2.75) is 32.4 Å². The van der Waals surface area contributed by atoms with Gasteiger partial charge in [-0.2, -0.15) is 0 Å². The fourth-order valence-electron chi connectivity index (χ4n) is 4.21. The van der Waals surface area contributed by atoms with Crippen molar-refractivity contribution in [2.75, 3.05) is 13.1 Å². The molecule has 5 nitrogen and oxygen atoms in total. The molecule has 1 amide bonds. The Hall–Kier alpha value is -3.12. The smallest absolute Gasteiger partial charge is 0.251 e. The molecule has 1 aliphatic rings. The van der Waals surface area contributed by atoms with Crippen LogP contribution in [0.1, 0.15) is 46.3 Å². The Labute approximate surface area is 182 Å². The predicted molar refractivity (Wildman–Crippen MR) is 118 cm³/mol. The second-order valence-electron chi connectivity index (χ2n) is 8.10. The fraction of sp³-hybridized carbons (Fsp3) is 0.320. The van der Waals surface area contributed by atoms with E-state index in [1.165, 1.54) is 12.1 Å². The topological polar surface area (TPSA) is 58.1 Å². The van der Waals surface area contributed by atoms with E-state index >= 15 is 0 Å². The Morgan fingerprint density at radius 2 is 1.94 bits per heavy atom. The zero-order chi connectivity index (χ0) is 21.6. The molecule has 0 aliphatic carbocycles. The minimum Gasteiger partial charge on any atom is -0.343 e. The summed E-state index contributed by atoms with van der Waals surface area (Å²) < 4.78 is 13.6. The van der Waals surface area contributed by atoms with E-state index < -0.39 is 5.82 Å². The van der Waals surface area contributed by atoms with E-state index in [4.69, 9.17) is 0 Å². The van der Waals surface area contributed by atoms with E-state index in [9.17, 15) is 9.18 Å². The van der Waals surface area contributed by atoms with Gasteiger partial charge in [0.05, 0.1) is 17.4 Å². The van der Waals surface area contributed by atoms with Gasteiger partial charge in [0.1, 0.15) is 5.82 Å². The molecule has 0 saturated carbocycles. The summed E-state index contributed by atoms with van der Waals surface area (Å²) in [4.78, 5) is 24.4. The third-order valence-electron chi connectivity index (χ3n) is 5.82. The van der Waals surface area contributed by atoms with Gasteiger partial charge < -0.3 is 5.32 Å². The number of aryl methyl sites for hydroxylation is 1. The van der Waals surface area contributed by atoms with Gasteiger partial charge in [0.2, 0.25) is 0 Å². The predicted octanol–water partition coefficient (Wildman–Crippen LogP) is 4.31. The summed E-state index contributed by atoms with van der Waals surface area (Å²) in [5.41, 5.74) is 3.27. The van der Waals surface area contributed by atoms with Crippen LogP contribution >= 0.6 is 0 Å². The first-order valence-electron chi connectivity index (χ1n) is 10.7. The van der Waals surface area contributed by atoms with E-state index in [-0.39, 0.29) is 17.9 Å². The average molecular weight is 419 g/mol. The number of pyridine rings is 2. The number of carbonyl (C=O) groups is 1. The number of piperidine rings is 1. The number of hydrogen-bond donors (Lipinski definition) is 1. The molecule has 3 aromatic rings. The molecule has 1 saturated heterocycles. The summed E-state index contributed by atoms with van der Waals surface area (Å²) in [5.74, 6) is -0.434. The van der Waals surface area contributed by atoms with Crippen LogP contribution < -0.4 is 5.32 Å². The van der Waals surface area contributed by atoms with Crippen LogP contribution in [0.2, 0.25) is 0 Å². The van der Waals surface area contributed by atoms with Gasteiger partial charge in [-0.15, -0.1) is 0 Å². The van der Waals surface area contributed by atoms with Gasteiger partial charge in [0.25, 0.3) is 5.91 Å². The number of halogens is 1. The second-order valence-corrected chi connectivity index (χ2v) is 8.10. The number of likely N-dealkylation sites (tertiary alicyclic amines) is 1. The number of hydrogen-bond acceptors (Lipinski definition) is 4. The summed E-state index contributed by atoms with van der Waals surface area (Å²) in [6, 6.07) is 17.4. The van der Waals surface area contributed by atoms with Crippen LogP contribution in [-0.2, 0) is 6.54 Å². The Morgan fingerprint density at radius 3 is 2.65 bits per heavy atom. The number of rotatable bonds is 6. The second kappa shape index (κ2) is 9.79. The molecule has 1 aromatic carbocycles. The van der Waals surface area contributed by atoms with Gasteiger partial charge in [-0.3, -0.25) is 19.7 Å². The van der Waals surface area contributed by atoms with Gasteiger partial charge in [-0.25, -0.2) is 4.39 Å². The van der Waals surface area contributed by atoms with E-state index in [1.807, 2.05) is 37.3 Å². The van der Waals surface area contributed by atoms with E-state index in [1.54, 1.807) is 18.3 Å². The lowest BCUT2D eigenvalue weighted by Crippen LogP contribution is -2.41. The molecule has 1 fully saturated rings. The first-order valence-corrected chi connectivity index (χ1v) is 10.7. The van der Waals surface area contributed by atoms with Crippen molar-refractivity contribution in [1.82, 2.24) is 20.2 Å². The molecular formula is C25H27FN4O. The third kappa shape index (κ3) is 5.52. The highest BCUT2D eigenvalue weighted by Gasteiger charge is 2.30. The summed E-state index contributed by atoms with van der Waals surface area (Å²) in [5, 5.41) is 3.12. The largest absolute Gasteiger partial charge is 0.343 e. The van der Waals surface area contributed by atoms with Gasteiger partial charge >= 0.3 is 0 Å². The number of carbonyl (C=O) groups excluding carboxylic acids is 1. The Bertz CT molecular complexity index is 1020. The standard InChI is InChI=1S/C25H27FN4O/c1-18-6-4-9-22(28-18)17-30-14-11-19(12-15-30)24(23-10-2-3-13-27-23)29-25(31)20-7-5-8-21(26)16-20/h2-10,13,16,19,24H,11-12,14-15,17H2,1H3,(H,29,31)/t24-/m1/s1. The Balaban J connectivity index is 1.45. The van der Waals surface area contributed by atoms with E-state index in [0.717, 1.165) is 49.6 Å². The molecule has 1 atom stereocenters. The zero-order valence-electron chi connectivity index (χ0n) is 17.7. The molecule has 6 heteroatoms. The van der Waals surface area contributed by atoms with Crippen LogP contribution in [0.15, 0.2) is 66.9 Å². The molecule has 0 spiro atoms. The molecular weight excluding hydrogens is 391 g/mol. The molecule has 2 aromatic heterocycles. The van der Waals surface area contributed by atoms with Crippen LogP contribution in [0.3, 0.4) is 0 Å². The minimum absolute atomic E-state index is 0.212. The molecule has 0 unspecified atom stereocenters. The first-order chi connectivity index (χ1) is 15.1. The van der Waals surface area contributed by atoms with Crippen LogP contribution in [0.25, 0.3) is 0 Å². The van der Waals surface area contributed by atoms with Gasteiger partial charge in [0, 0.05) is 24.0 Å². The number of nitrogens with one attached hydrogen (secondary N) is 1. The van der Waals surface area contributed by atoms with Crippen molar-refractivity contribution < 1.29 is 9.18 Å². The highest BCUT2D eigenvalue weighted by Crippen LogP contribution is 2.30. The maximum Gasteiger partial charge on any atom is 0.251 e. The molecule has 4 rings (SSSR count). The summed E-state index contributed by atoms with van der Waals surface area (Å²) in [6.45, 7) is 4.70. The number of aromatic nitrogens is 2. The van der Waals surface area contributed by atoms with E-state index in [2.05, 4.69) is 26.3 Å². The molecule has 3 heterocycles. The lowest BCUT2D eigenvalue weighted by atomic mass is 9.87. The molecule has 31 heavy (non-hydrogen) atoms. The summed E-state index contributed by atoms with van der Waals surface area (Å²) >= 11 is 0. The van der Waals surface area contributed by atoms with Crippen molar-refractivity contribution in [3.05, 3.63) is 95.3 Å². The van der Waals surface area contributed by atoms with Crippen molar-refractivity contribution in [3.63, 3.8) is 0 Å². The number of amides is 1. The maximum absolute atomic E-state index is 13.6. The quantitative estimate of drug-likeness (QED) is 0.648. The van der Waals surface area contributed by atoms with Crippen LogP contribution in [0, 0.1) is 18.7 Å². The number of benzene rings is 1. The average Bonchev–Trinajstić information content (AvgIpc) is 2.79. The van der Waals surface area contributed by atoms with E-state index in [0.29, 0.717) is 5.56 Å². The SMILES string of the molecule is Cc1cccc(CN2CCC([C@@H](NC(=O)c3cccc(F)c3)c3ccccn3)CC2)n1. The molecule has 0 radical (unpaired) electrons. The molecule has 160 valence electrons. The van der Waals surface area contributed by atoms with Gasteiger partial charge in [0.15, 0.2) is 0 Å². The van der Waals surface area contributed by atoms with Crippen molar-refractivity contribution >= 4 is 5.91 Å². The van der Waals surface area contributed by atoms with Crippen molar-refractivity contribution in [2.24, 2.45) is 5.92 Å². The van der Waals surface area contributed by atoms with Crippen molar-refractivity contribution in [1.29, 1.82) is 0 Å². The molecule has 1 N–H and O–H groups in total. The Kier molecular flexibility index (Phi) is 6.67. The normalized spacial score (nSPS) is 16.1. The summed E-state index contributed by atoms with van der Waals surface area (Å²) in [7, 11) is 0. The first kappa shape index (κ1) is 21.1. The number of nitrogens with zero attached hydrogens (tertiary/aromatic N) is 3. The monoisotopic (exact) mass is 418 g/mol. The lowest BCUT2D eigenvalue weighted by Gasteiger charge is -2.36. The highest BCUT2D eigenvalue weighted by molar-refractivity contribution is 5.94. The van der Waals surface area contributed by atoms with Crippen LogP contribution in [0.5, 0.6) is 0 Å². The zero-order valence-corrected chi connectivity index (χ0v) is 17.7. The summed E-state index contributed by atoms with van der Waals surface area (Å²) in [6.07, 6.45) is 3.63. The molecule has 0 bridgehead atoms. The fourth-order valence-corrected chi connectivity index (χ4v) is 4.21.